The van der Waals surface area contributed by atoms with Gasteiger partial charge in [0.05, 0.1) is 4.90 Å². The van der Waals surface area contributed by atoms with Crippen molar-refractivity contribution in [2.24, 2.45) is 5.73 Å². The molecule has 1 saturated heterocycles. The minimum Gasteiger partial charge on any atom is -0.324 e. The number of sulfonamides is 1. The van der Waals surface area contributed by atoms with Gasteiger partial charge in [-0.1, -0.05) is 19.1 Å². The lowest BCUT2D eigenvalue weighted by Gasteiger charge is -2.14. The number of benzene rings is 1. The SMILES string of the molecule is CCC(N)c1cccc(S(=O)(=O)NC2CCSC2)c1. The molecule has 2 rings (SSSR count). The lowest BCUT2D eigenvalue weighted by molar-refractivity contribution is 0.562. The van der Waals surface area contributed by atoms with Gasteiger partial charge in [0.25, 0.3) is 0 Å². The van der Waals surface area contributed by atoms with Crippen molar-refractivity contribution in [3.63, 3.8) is 0 Å². The Morgan fingerprint density at radius 1 is 1.53 bits per heavy atom. The molecule has 1 aliphatic heterocycles. The third-order valence-corrected chi connectivity index (χ3v) is 5.97. The van der Waals surface area contributed by atoms with Gasteiger partial charge in [0.1, 0.15) is 0 Å². The van der Waals surface area contributed by atoms with Crippen molar-refractivity contribution in [1.29, 1.82) is 0 Å². The van der Waals surface area contributed by atoms with E-state index in [0.29, 0.717) is 4.90 Å². The monoisotopic (exact) mass is 300 g/mol. The molecule has 1 heterocycles. The molecule has 0 aromatic heterocycles. The topological polar surface area (TPSA) is 72.2 Å². The van der Waals surface area contributed by atoms with Crippen molar-refractivity contribution in [1.82, 2.24) is 4.72 Å². The van der Waals surface area contributed by atoms with Gasteiger partial charge >= 0.3 is 0 Å². The highest BCUT2D eigenvalue weighted by molar-refractivity contribution is 7.99. The minimum absolute atomic E-state index is 0.0542. The molecule has 0 saturated carbocycles. The lowest BCUT2D eigenvalue weighted by Crippen LogP contribution is -2.34. The highest BCUT2D eigenvalue weighted by Gasteiger charge is 2.23. The molecule has 106 valence electrons. The fourth-order valence-corrected chi connectivity index (χ4v) is 4.65. The highest BCUT2D eigenvalue weighted by atomic mass is 32.2. The Labute approximate surface area is 119 Å². The van der Waals surface area contributed by atoms with Gasteiger partial charge in [0.15, 0.2) is 0 Å². The summed E-state index contributed by atoms with van der Waals surface area (Å²) in [5.41, 5.74) is 6.82. The summed E-state index contributed by atoms with van der Waals surface area (Å²) in [6.07, 6.45) is 1.69. The molecule has 0 radical (unpaired) electrons. The zero-order chi connectivity index (χ0) is 13.9. The summed E-state index contributed by atoms with van der Waals surface area (Å²) in [5, 5.41) is 0. The molecule has 3 N–H and O–H groups in total. The fraction of sp³-hybridized carbons (Fsp3) is 0.538. The molecular weight excluding hydrogens is 280 g/mol. The van der Waals surface area contributed by atoms with Gasteiger partial charge in [-0.15, -0.1) is 0 Å². The first kappa shape index (κ1) is 14.8. The summed E-state index contributed by atoms with van der Waals surface area (Å²) in [5.74, 6) is 1.88. The zero-order valence-electron chi connectivity index (χ0n) is 11.0. The molecule has 2 atom stereocenters. The van der Waals surface area contributed by atoms with Crippen molar-refractivity contribution in [2.45, 2.75) is 36.7 Å². The molecule has 1 aromatic carbocycles. The summed E-state index contributed by atoms with van der Waals surface area (Å²) < 4.78 is 27.3. The van der Waals surface area contributed by atoms with E-state index in [0.717, 1.165) is 29.9 Å². The summed E-state index contributed by atoms with van der Waals surface area (Å²) in [6.45, 7) is 1.99. The van der Waals surface area contributed by atoms with Crippen LogP contribution in [-0.2, 0) is 10.0 Å². The van der Waals surface area contributed by atoms with Crippen LogP contribution in [0.1, 0.15) is 31.4 Å². The van der Waals surface area contributed by atoms with Crippen molar-refractivity contribution < 1.29 is 8.42 Å². The van der Waals surface area contributed by atoms with E-state index in [1.54, 1.807) is 30.0 Å². The Hall–Kier alpha value is -0.560. The van der Waals surface area contributed by atoms with Gasteiger partial charge in [-0.05, 0) is 36.3 Å². The number of nitrogens with two attached hydrogens (primary N) is 1. The van der Waals surface area contributed by atoms with E-state index in [4.69, 9.17) is 5.73 Å². The van der Waals surface area contributed by atoms with Crippen LogP contribution in [0.5, 0.6) is 0 Å². The van der Waals surface area contributed by atoms with Crippen molar-refractivity contribution in [3.05, 3.63) is 29.8 Å². The molecule has 2 unspecified atom stereocenters. The average Bonchev–Trinajstić information content (AvgIpc) is 2.90. The second-order valence-electron chi connectivity index (χ2n) is 4.77. The molecule has 0 spiro atoms. The number of thioether (sulfide) groups is 1. The molecule has 1 fully saturated rings. The standard InChI is InChI=1S/C13H20N2O2S2/c1-2-13(14)10-4-3-5-12(8-10)19(16,17)15-11-6-7-18-9-11/h3-5,8,11,13,15H,2,6-7,9,14H2,1H3. The quantitative estimate of drug-likeness (QED) is 0.871. The van der Waals surface area contributed by atoms with Gasteiger partial charge in [-0.3, -0.25) is 0 Å². The number of hydrogen-bond acceptors (Lipinski definition) is 4. The molecule has 4 nitrogen and oxygen atoms in total. The van der Waals surface area contributed by atoms with Crippen molar-refractivity contribution >= 4 is 21.8 Å². The molecular formula is C13H20N2O2S2. The van der Waals surface area contributed by atoms with E-state index in [1.807, 2.05) is 13.0 Å². The van der Waals surface area contributed by atoms with E-state index in [2.05, 4.69) is 4.72 Å². The van der Waals surface area contributed by atoms with Gasteiger partial charge in [0.2, 0.25) is 10.0 Å². The highest BCUT2D eigenvalue weighted by Crippen LogP contribution is 2.21. The second-order valence-corrected chi connectivity index (χ2v) is 7.63. The van der Waals surface area contributed by atoms with E-state index in [1.165, 1.54) is 0 Å². The average molecular weight is 300 g/mol. The van der Waals surface area contributed by atoms with Crippen molar-refractivity contribution in [2.75, 3.05) is 11.5 Å². The van der Waals surface area contributed by atoms with Gasteiger partial charge < -0.3 is 5.73 Å². The van der Waals surface area contributed by atoms with Crippen LogP contribution in [0.3, 0.4) is 0 Å². The predicted octanol–water partition coefficient (Wildman–Crippen LogP) is 1.88. The van der Waals surface area contributed by atoms with Crippen LogP contribution in [0.25, 0.3) is 0 Å². The largest absolute Gasteiger partial charge is 0.324 e. The van der Waals surface area contributed by atoms with Crippen molar-refractivity contribution in [3.8, 4) is 0 Å². The lowest BCUT2D eigenvalue weighted by atomic mass is 10.1. The zero-order valence-corrected chi connectivity index (χ0v) is 12.6. The third kappa shape index (κ3) is 3.72. The number of rotatable bonds is 5. The molecule has 0 bridgehead atoms. The molecule has 0 aliphatic carbocycles. The molecule has 1 aliphatic rings. The normalized spacial score (nSPS) is 21.5. The maximum atomic E-state index is 12.3. The molecule has 0 amide bonds. The van der Waals surface area contributed by atoms with E-state index < -0.39 is 10.0 Å². The van der Waals surface area contributed by atoms with Crippen LogP contribution in [0, 0.1) is 0 Å². The van der Waals surface area contributed by atoms with E-state index in [9.17, 15) is 8.42 Å². The third-order valence-electron chi connectivity index (χ3n) is 3.29. The first-order chi connectivity index (χ1) is 9.03. The summed E-state index contributed by atoms with van der Waals surface area (Å²) in [6, 6.07) is 6.87. The molecule has 19 heavy (non-hydrogen) atoms. The maximum absolute atomic E-state index is 12.3. The maximum Gasteiger partial charge on any atom is 0.240 e. The Bertz CT molecular complexity index is 525. The first-order valence-electron chi connectivity index (χ1n) is 6.48. The van der Waals surface area contributed by atoms with Crippen LogP contribution in [-0.4, -0.2) is 26.0 Å². The van der Waals surface area contributed by atoms with E-state index in [-0.39, 0.29) is 12.1 Å². The summed E-state index contributed by atoms with van der Waals surface area (Å²) >= 11 is 1.78. The van der Waals surface area contributed by atoms with Crippen LogP contribution in [0.4, 0.5) is 0 Å². The van der Waals surface area contributed by atoms with Gasteiger partial charge in [-0.25, -0.2) is 13.1 Å². The molecule has 1 aromatic rings. The van der Waals surface area contributed by atoms with Gasteiger partial charge in [0, 0.05) is 17.8 Å². The Balaban J connectivity index is 2.19. The fourth-order valence-electron chi connectivity index (χ4n) is 2.06. The molecule has 6 heteroatoms. The number of hydrogen-bond donors (Lipinski definition) is 2. The predicted molar refractivity (Wildman–Crippen MR) is 79.7 cm³/mol. The van der Waals surface area contributed by atoms with E-state index >= 15 is 0 Å². The Morgan fingerprint density at radius 3 is 2.95 bits per heavy atom. The summed E-state index contributed by atoms with van der Waals surface area (Å²) in [7, 11) is -3.43. The summed E-state index contributed by atoms with van der Waals surface area (Å²) in [4.78, 5) is 0.311. The number of nitrogens with one attached hydrogen (secondary N) is 1. The second kappa shape index (κ2) is 6.26. The van der Waals surface area contributed by atoms with Crippen LogP contribution >= 0.6 is 11.8 Å². The Morgan fingerprint density at radius 2 is 2.32 bits per heavy atom. The smallest absolute Gasteiger partial charge is 0.240 e. The van der Waals surface area contributed by atoms with Crippen LogP contribution < -0.4 is 10.5 Å². The first-order valence-corrected chi connectivity index (χ1v) is 9.12. The van der Waals surface area contributed by atoms with Crippen LogP contribution in [0.15, 0.2) is 29.2 Å². The Kier molecular flexibility index (Phi) is 4.89. The minimum atomic E-state index is -3.43. The van der Waals surface area contributed by atoms with Gasteiger partial charge in [-0.2, -0.15) is 11.8 Å². The van der Waals surface area contributed by atoms with Crippen LogP contribution in [0.2, 0.25) is 0 Å².